The minimum atomic E-state index is -0.247. The maximum Gasteiger partial charge on any atom is 0.311 e. The zero-order chi connectivity index (χ0) is 11.4. The van der Waals surface area contributed by atoms with E-state index in [0.717, 1.165) is 12.8 Å². The van der Waals surface area contributed by atoms with Crippen LogP contribution in [0.5, 0.6) is 0 Å². The Morgan fingerprint density at radius 1 is 1.47 bits per heavy atom. The Bertz CT molecular complexity index is 249. The number of hydrogen-bond donors (Lipinski definition) is 0. The van der Waals surface area contributed by atoms with Crippen molar-refractivity contribution in [1.29, 1.82) is 0 Å². The largest absolute Gasteiger partial charge is 0.469 e. The van der Waals surface area contributed by atoms with Gasteiger partial charge in [-0.15, -0.1) is 0 Å². The van der Waals surface area contributed by atoms with Crippen LogP contribution < -0.4 is 0 Å². The van der Waals surface area contributed by atoms with Crippen LogP contribution in [-0.4, -0.2) is 31.1 Å². The standard InChI is InChI=1S/C11H18O4/c1-7(12)6-9-4-5-10(15-9)8(2)11(13)14-3/h8-10H,4-6H2,1-3H3/t8-,9+,10-/m1/s1. The van der Waals surface area contributed by atoms with Crippen LogP contribution in [0.25, 0.3) is 0 Å². The lowest BCUT2D eigenvalue weighted by molar-refractivity contribution is -0.149. The van der Waals surface area contributed by atoms with Gasteiger partial charge in [0.25, 0.3) is 0 Å². The predicted molar refractivity (Wildman–Crippen MR) is 54.4 cm³/mol. The molecule has 0 unspecified atom stereocenters. The molecule has 0 radical (unpaired) electrons. The number of methoxy groups -OCH3 is 1. The van der Waals surface area contributed by atoms with Crippen LogP contribution in [0.15, 0.2) is 0 Å². The molecule has 4 heteroatoms. The number of ether oxygens (including phenoxy) is 2. The van der Waals surface area contributed by atoms with E-state index < -0.39 is 0 Å². The number of carbonyl (C=O) groups excluding carboxylic acids is 2. The van der Waals surface area contributed by atoms with Crippen LogP contribution >= 0.6 is 0 Å². The minimum Gasteiger partial charge on any atom is -0.469 e. The van der Waals surface area contributed by atoms with Crippen LogP contribution in [-0.2, 0) is 19.1 Å². The molecule has 1 heterocycles. The van der Waals surface area contributed by atoms with Crippen LogP contribution in [0, 0.1) is 5.92 Å². The number of ketones is 1. The first kappa shape index (κ1) is 12.2. The monoisotopic (exact) mass is 214 g/mol. The molecule has 0 amide bonds. The van der Waals surface area contributed by atoms with Gasteiger partial charge in [0.1, 0.15) is 5.78 Å². The highest BCUT2D eigenvalue weighted by molar-refractivity contribution is 5.76. The fourth-order valence-electron chi connectivity index (χ4n) is 1.91. The van der Waals surface area contributed by atoms with Crippen molar-refractivity contribution in [3.63, 3.8) is 0 Å². The summed E-state index contributed by atoms with van der Waals surface area (Å²) in [5.41, 5.74) is 0. The molecule has 0 bridgehead atoms. The Morgan fingerprint density at radius 2 is 2.13 bits per heavy atom. The third kappa shape index (κ3) is 3.30. The summed E-state index contributed by atoms with van der Waals surface area (Å²) >= 11 is 0. The van der Waals surface area contributed by atoms with Crippen molar-refractivity contribution in [3.8, 4) is 0 Å². The summed E-state index contributed by atoms with van der Waals surface area (Å²) < 4.78 is 10.3. The second-order valence-electron chi connectivity index (χ2n) is 4.09. The number of hydrogen-bond acceptors (Lipinski definition) is 4. The summed E-state index contributed by atoms with van der Waals surface area (Å²) in [6.07, 6.45) is 2.02. The Balaban J connectivity index is 2.41. The number of rotatable bonds is 4. The lowest BCUT2D eigenvalue weighted by atomic mass is 10.0. The van der Waals surface area contributed by atoms with E-state index in [-0.39, 0.29) is 29.9 Å². The molecule has 0 spiro atoms. The summed E-state index contributed by atoms with van der Waals surface area (Å²) in [7, 11) is 1.38. The molecule has 0 saturated carbocycles. The Labute approximate surface area is 89.9 Å². The summed E-state index contributed by atoms with van der Waals surface area (Å²) in [5, 5.41) is 0. The quantitative estimate of drug-likeness (QED) is 0.662. The van der Waals surface area contributed by atoms with E-state index in [9.17, 15) is 9.59 Å². The zero-order valence-corrected chi connectivity index (χ0v) is 9.49. The van der Waals surface area contributed by atoms with Gasteiger partial charge in [0.2, 0.25) is 0 Å². The van der Waals surface area contributed by atoms with Crippen molar-refractivity contribution in [3.05, 3.63) is 0 Å². The van der Waals surface area contributed by atoms with Crippen molar-refractivity contribution in [2.75, 3.05) is 7.11 Å². The topological polar surface area (TPSA) is 52.6 Å². The van der Waals surface area contributed by atoms with E-state index in [1.54, 1.807) is 13.8 Å². The molecule has 0 aromatic carbocycles. The Morgan fingerprint density at radius 3 is 2.67 bits per heavy atom. The van der Waals surface area contributed by atoms with Gasteiger partial charge in [0.05, 0.1) is 25.2 Å². The first-order valence-electron chi connectivity index (χ1n) is 5.27. The Hall–Kier alpha value is -0.900. The van der Waals surface area contributed by atoms with E-state index in [1.807, 2.05) is 0 Å². The van der Waals surface area contributed by atoms with Gasteiger partial charge in [-0.05, 0) is 26.7 Å². The molecule has 4 nitrogen and oxygen atoms in total. The fourth-order valence-corrected chi connectivity index (χ4v) is 1.91. The summed E-state index contributed by atoms with van der Waals surface area (Å²) in [4.78, 5) is 22.2. The van der Waals surface area contributed by atoms with Crippen LogP contribution in [0.1, 0.15) is 33.1 Å². The van der Waals surface area contributed by atoms with Gasteiger partial charge >= 0.3 is 5.97 Å². The van der Waals surface area contributed by atoms with E-state index in [4.69, 9.17) is 4.74 Å². The van der Waals surface area contributed by atoms with Gasteiger partial charge in [-0.2, -0.15) is 0 Å². The highest BCUT2D eigenvalue weighted by Gasteiger charge is 2.33. The summed E-state index contributed by atoms with van der Waals surface area (Å²) in [6, 6.07) is 0. The van der Waals surface area contributed by atoms with Crippen molar-refractivity contribution < 1.29 is 19.1 Å². The molecule has 3 atom stereocenters. The maximum atomic E-state index is 11.3. The first-order chi connectivity index (χ1) is 7.04. The molecule has 0 aliphatic carbocycles. The van der Waals surface area contributed by atoms with Crippen LogP contribution in [0.3, 0.4) is 0 Å². The normalized spacial score (nSPS) is 27.4. The van der Waals surface area contributed by atoms with Crippen molar-refractivity contribution in [2.45, 2.75) is 45.3 Å². The molecular formula is C11H18O4. The predicted octanol–water partition coefficient (Wildman–Crippen LogP) is 1.32. The molecule has 1 aliphatic heterocycles. The van der Waals surface area contributed by atoms with Gasteiger partial charge in [-0.3, -0.25) is 9.59 Å². The molecule has 15 heavy (non-hydrogen) atoms. The van der Waals surface area contributed by atoms with Gasteiger partial charge in [-0.25, -0.2) is 0 Å². The third-order valence-corrected chi connectivity index (χ3v) is 2.79. The van der Waals surface area contributed by atoms with Gasteiger partial charge in [-0.1, -0.05) is 0 Å². The molecule has 1 saturated heterocycles. The number of carbonyl (C=O) groups is 2. The average molecular weight is 214 g/mol. The maximum absolute atomic E-state index is 11.3. The highest BCUT2D eigenvalue weighted by atomic mass is 16.5. The molecule has 0 aromatic rings. The van der Waals surface area contributed by atoms with Crippen LogP contribution in [0.2, 0.25) is 0 Å². The lowest BCUT2D eigenvalue weighted by Gasteiger charge is -2.17. The summed E-state index contributed by atoms with van der Waals surface area (Å²) in [5.74, 6) is -0.359. The van der Waals surface area contributed by atoms with E-state index in [2.05, 4.69) is 4.74 Å². The highest BCUT2D eigenvalue weighted by Crippen LogP contribution is 2.27. The van der Waals surface area contributed by atoms with E-state index in [1.165, 1.54) is 7.11 Å². The molecule has 0 aromatic heterocycles. The first-order valence-corrected chi connectivity index (χ1v) is 5.27. The van der Waals surface area contributed by atoms with Crippen molar-refractivity contribution in [2.24, 2.45) is 5.92 Å². The second kappa shape index (κ2) is 5.26. The lowest BCUT2D eigenvalue weighted by Crippen LogP contribution is -2.27. The molecule has 1 rings (SSSR count). The molecule has 1 fully saturated rings. The third-order valence-electron chi connectivity index (χ3n) is 2.79. The molecule has 0 N–H and O–H groups in total. The fraction of sp³-hybridized carbons (Fsp3) is 0.818. The molecule has 1 aliphatic rings. The second-order valence-corrected chi connectivity index (χ2v) is 4.09. The minimum absolute atomic E-state index is 0.0143. The zero-order valence-electron chi connectivity index (χ0n) is 9.49. The van der Waals surface area contributed by atoms with Gasteiger partial charge in [0, 0.05) is 6.42 Å². The Kier molecular flexibility index (Phi) is 4.27. The smallest absolute Gasteiger partial charge is 0.311 e. The number of Topliss-reactive ketones (excluding diaryl/α,β-unsaturated/α-hetero) is 1. The average Bonchev–Trinajstić information content (AvgIpc) is 2.63. The van der Waals surface area contributed by atoms with Crippen molar-refractivity contribution >= 4 is 11.8 Å². The molecule has 86 valence electrons. The SMILES string of the molecule is COC(=O)[C@H](C)[C@H]1CC[C@@H](CC(C)=O)O1. The van der Waals surface area contributed by atoms with Crippen LogP contribution in [0.4, 0.5) is 0 Å². The van der Waals surface area contributed by atoms with Crippen molar-refractivity contribution in [1.82, 2.24) is 0 Å². The summed E-state index contributed by atoms with van der Waals surface area (Å²) in [6.45, 7) is 3.35. The van der Waals surface area contributed by atoms with E-state index in [0.29, 0.717) is 6.42 Å². The molecular weight excluding hydrogens is 196 g/mol. The van der Waals surface area contributed by atoms with Gasteiger partial charge in [0.15, 0.2) is 0 Å². The van der Waals surface area contributed by atoms with E-state index >= 15 is 0 Å². The van der Waals surface area contributed by atoms with Gasteiger partial charge < -0.3 is 9.47 Å². The number of esters is 1.